The highest BCUT2D eigenvalue weighted by atomic mass is 32.1. The highest BCUT2D eigenvalue weighted by molar-refractivity contribution is 7.80. The Hall–Kier alpha value is -0.210. The van der Waals surface area contributed by atoms with E-state index in [1.165, 1.54) is 0 Å². The van der Waals surface area contributed by atoms with Gasteiger partial charge in [-0.25, -0.2) is 0 Å². The summed E-state index contributed by atoms with van der Waals surface area (Å²) in [5.41, 5.74) is 0. The van der Waals surface area contributed by atoms with Crippen molar-refractivity contribution in [3.05, 3.63) is 25.3 Å². The molecule has 0 saturated heterocycles. The summed E-state index contributed by atoms with van der Waals surface area (Å²) in [7, 11) is 0. The van der Waals surface area contributed by atoms with Crippen LogP contribution in [0.25, 0.3) is 0 Å². The second-order valence-corrected chi connectivity index (χ2v) is 2.51. The van der Waals surface area contributed by atoms with Crippen LogP contribution < -0.4 is 0 Å². The Labute approximate surface area is 68.8 Å². The van der Waals surface area contributed by atoms with Crippen molar-refractivity contribution in [3.63, 3.8) is 0 Å². The Kier molecular flexibility index (Phi) is 6.76. The maximum atomic E-state index is 4.14. The van der Waals surface area contributed by atoms with Crippen LogP contribution in [-0.2, 0) is 0 Å². The van der Waals surface area contributed by atoms with Gasteiger partial charge in [0.05, 0.1) is 0 Å². The van der Waals surface area contributed by atoms with Crippen molar-refractivity contribution in [1.82, 2.24) is 4.90 Å². The zero-order chi connectivity index (χ0) is 7.82. The molecule has 0 radical (unpaired) electrons. The first-order valence-corrected chi connectivity index (χ1v) is 4.03. The van der Waals surface area contributed by atoms with Gasteiger partial charge in [-0.3, -0.25) is 4.90 Å². The number of thiol groups is 1. The van der Waals surface area contributed by atoms with E-state index < -0.39 is 0 Å². The van der Waals surface area contributed by atoms with Crippen LogP contribution in [0.5, 0.6) is 0 Å². The van der Waals surface area contributed by atoms with Crippen LogP contribution in [0.4, 0.5) is 0 Å². The Balaban J connectivity index is 3.48. The lowest BCUT2D eigenvalue weighted by molar-refractivity contribution is 0.358. The van der Waals surface area contributed by atoms with Gasteiger partial charge < -0.3 is 0 Å². The predicted molar refractivity (Wildman–Crippen MR) is 50.7 cm³/mol. The summed E-state index contributed by atoms with van der Waals surface area (Å²) in [6, 6.07) is 0. The topological polar surface area (TPSA) is 3.24 Å². The zero-order valence-electron chi connectivity index (χ0n) is 6.29. The third-order valence-corrected chi connectivity index (χ3v) is 1.39. The monoisotopic (exact) mass is 157 g/mol. The lowest BCUT2D eigenvalue weighted by Crippen LogP contribution is -2.25. The number of hydrogen-bond donors (Lipinski definition) is 1. The molecule has 0 unspecified atom stereocenters. The van der Waals surface area contributed by atoms with Crippen LogP contribution in [0, 0.1) is 0 Å². The molecule has 0 atom stereocenters. The molecule has 0 saturated carbocycles. The van der Waals surface area contributed by atoms with Gasteiger partial charge in [-0.05, 0) is 0 Å². The van der Waals surface area contributed by atoms with E-state index in [0.717, 1.165) is 25.4 Å². The summed E-state index contributed by atoms with van der Waals surface area (Å²) < 4.78 is 0. The van der Waals surface area contributed by atoms with E-state index in [2.05, 4.69) is 30.7 Å². The van der Waals surface area contributed by atoms with Gasteiger partial charge in [-0.1, -0.05) is 12.2 Å². The fraction of sp³-hybridized carbons (Fsp3) is 0.500. The van der Waals surface area contributed by atoms with Crippen molar-refractivity contribution in [2.24, 2.45) is 0 Å². The minimum Gasteiger partial charge on any atom is -0.295 e. The largest absolute Gasteiger partial charge is 0.295 e. The highest BCUT2D eigenvalue weighted by Gasteiger charge is 1.96. The molecule has 0 N–H and O–H groups in total. The first-order valence-electron chi connectivity index (χ1n) is 3.40. The number of nitrogens with zero attached hydrogens (tertiary/aromatic N) is 1. The summed E-state index contributed by atoms with van der Waals surface area (Å²) in [5.74, 6) is 0.891. The van der Waals surface area contributed by atoms with Gasteiger partial charge >= 0.3 is 0 Å². The van der Waals surface area contributed by atoms with Crippen LogP contribution >= 0.6 is 12.6 Å². The Morgan fingerprint density at radius 2 is 1.70 bits per heavy atom. The molecular weight excluding hydrogens is 142 g/mol. The molecule has 0 aliphatic carbocycles. The van der Waals surface area contributed by atoms with E-state index in [1.54, 1.807) is 0 Å². The molecular formula is C8H15NS. The smallest absolute Gasteiger partial charge is 0.0164 e. The molecule has 0 bridgehead atoms. The van der Waals surface area contributed by atoms with Gasteiger partial charge in [0.1, 0.15) is 0 Å². The van der Waals surface area contributed by atoms with Gasteiger partial charge in [0.25, 0.3) is 0 Å². The molecule has 0 heterocycles. The molecule has 0 amide bonds. The fourth-order valence-corrected chi connectivity index (χ4v) is 1.05. The molecule has 0 aromatic rings. The molecule has 10 heavy (non-hydrogen) atoms. The Morgan fingerprint density at radius 1 is 1.20 bits per heavy atom. The third-order valence-electron chi connectivity index (χ3n) is 1.19. The van der Waals surface area contributed by atoms with Crippen molar-refractivity contribution in [2.45, 2.75) is 0 Å². The quantitative estimate of drug-likeness (QED) is 0.452. The summed E-state index contributed by atoms with van der Waals surface area (Å²) in [4.78, 5) is 2.23. The van der Waals surface area contributed by atoms with E-state index in [0.29, 0.717) is 0 Å². The van der Waals surface area contributed by atoms with Gasteiger partial charge in [0.2, 0.25) is 0 Å². The molecule has 1 nitrogen and oxygen atoms in total. The summed E-state index contributed by atoms with van der Waals surface area (Å²) in [5, 5.41) is 0. The number of rotatable bonds is 6. The van der Waals surface area contributed by atoms with E-state index in [9.17, 15) is 0 Å². The molecule has 0 aliphatic rings. The van der Waals surface area contributed by atoms with Crippen molar-refractivity contribution < 1.29 is 0 Å². The fourth-order valence-electron chi connectivity index (χ4n) is 0.764. The maximum absolute atomic E-state index is 4.14. The summed E-state index contributed by atoms with van der Waals surface area (Å²) >= 11 is 4.14. The Morgan fingerprint density at radius 3 is 2.00 bits per heavy atom. The molecule has 0 aliphatic heterocycles. The second kappa shape index (κ2) is 6.90. The minimum absolute atomic E-state index is 0.891. The average Bonchev–Trinajstić information content (AvgIpc) is 1.90. The minimum atomic E-state index is 0.891. The SMILES string of the molecule is C=CCN(CC=C)CCS. The molecule has 0 spiro atoms. The van der Waals surface area contributed by atoms with Gasteiger partial charge in [-0.15, -0.1) is 13.2 Å². The molecule has 2 heteroatoms. The van der Waals surface area contributed by atoms with Gasteiger partial charge in [0, 0.05) is 25.4 Å². The average molecular weight is 157 g/mol. The Bertz CT molecular complexity index is 91.4. The standard InChI is InChI=1S/C8H15NS/c1-3-5-9(6-4-2)7-8-10/h3-4,10H,1-2,5-8H2. The van der Waals surface area contributed by atoms with E-state index in [1.807, 2.05) is 12.2 Å². The van der Waals surface area contributed by atoms with Crippen molar-refractivity contribution >= 4 is 12.6 Å². The van der Waals surface area contributed by atoms with Crippen molar-refractivity contribution in [2.75, 3.05) is 25.4 Å². The zero-order valence-corrected chi connectivity index (χ0v) is 7.19. The predicted octanol–water partition coefficient (Wildman–Crippen LogP) is 1.59. The lowest BCUT2D eigenvalue weighted by atomic mass is 10.4. The van der Waals surface area contributed by atoms with E-state index in [-0.39, 0.29) is 0 Å². The summed E-state index contributed by atoms with van der Waals surface area (Å²) in [6.07, 6.45) is 3.79. The summed E-state index contributed by atoms with van der Waals surface area (Å²) in [6.45, 7) is 10.2. The van der Waals surface area contributed by atoms with Crippen molar-refractivity contribution in [3.8, 4) is 0 Å². The third kappa shape index (κ3) is 4.65. The lowest BCUT2D eigenvalue weighted by Gasteiger charge is -2.16. The van der Waals surface area contributed by atoms with Crippen LogP contribution in [0.15, 0.2) is 25.3 Å². The highest BCUT2D eigenvalue weighted by Crippen LogP contribution is 1.89. The molecule has 0 fully saturated rings. The number of hydrogen-bond acceptors (Lipinski definition) is 2. The molecule has 0 aromatic heterocycles. The first kappa shape index (κ1) is 9.79. The van der Waals surface area contributed by atoms with Crippen LogP contribution in [0.3, 0.4) is 0 Å². The molecule has 0 aromatic carbocycles. The normalized spacial score (nSPS) is 9.80. The second-order valence-electron chi connectivity index (χ2n) is 2.06. The van der Waals surface area contributed by atoms with E-state index in [4.69, 9.17) is 0 Å². The maximum Gasteiger partial charge on any atom is 0.0164 e. The van der Waals surface area contributed by atoms with E-state index >= 15 is 0 Å². The van der Waals surface area contributed by atoms with Crippen LogP contribution in [0.1, 0.15) is 0 Å². The van der Waals surface area contributed by atoms with Crippen molar-refractivity contribution in [1.29, 1.82) is 0 Å². The van der Waals surface area contributed by atoms with Crippen LogP contribution in [-0.4, -0.2) is 30.3 Å². The van der Waals surface area contributed by atoms with Gasteiger partial charge in [0.15, 0.2) is 0 Å². The molecule has 0 rings (SSSR count). The van der Waals surface area contributed by atoms with Crippen LogP contribution in [0.2, 0.25) is 0 Å². The van der Waals surface area contributed by atoms with Gasteiger partial charge in [-0.2, -0.15) is 12.6 Å². The molecule has 58 valence electrons. The first-order chi connectivity index (χ1) is 4.85.